The summed E-state index contributed by atoms with van der Waals surface area (Å²) in [6, 6.07) is 11.5. The van der Waals surface area contributed by atoms with Crippen LogP contribution in [-0.4, -0.2) is 53.1 Å². The molecule has 0 N–H and O–H groups in total. The molecule has 0 saturated heterocycles. The Morgan fingerprint density at radius 1 is 0.947 bits per heavy atom. The minimum Gasteiger partial charge on any atom is -0.478 e. The number of hydrogen-bond donors (Lipinski definition) is 0. The largest absolute Gasteiger partial charge is 0.478 e. The number of ether oxygens (including phenoxy) is 2. The molecule has 196 valence electrons. The van der Waals surface area contributed by atoms with Crippen LogP contribution >= 0.6 is 0 Å². The predicted octanol–water partition coefficient (Wildman–Crippen LogP) is 4.30. The number of carbonyl (C=O) groups excluding carboxylic acids is 1. The number of nitrogens with zero attached hydrogens (tertiary/aromatic N) is 6. The van der Waals surface area contributed by atoms with E-state index in [9.17, 15) is 13.2 Å². The fourth-order valence-corrected chi connectivity index (χ4v) is 4.92. The Bertz CT molecular complexity index is 1530. The van der Waals surface area contributed by atoms with Crippen molar-refractivity contribution in [1.82, 2.24) is 24.9 Å². The molecule has 1 amide bonds. The standard InChI is InChI=1S/C26H26N6O5S/c1-17(2)16-37-26(33)32(24-25(36-4)31-18(3)15-30-24)38(34,35)21-7-5-12-27-22(21)19-8-10-20(11-9-19)23-28-13-6-14-29-23/h5-15,17H,16H2,1-4H3. The lowest BCUT2D eigenvalue weighted by atomic mass is 10.1. The Labute approximate surface area is 220 Å². The molecule has 3 aromatic heterocycles. The topological polar surface area (TPSA) is 137 Å². The van der Waals surface area contributed by atoms with Gasteiger partial charge in [0.2, 0.25) is 5.82 Å². The summed E-state index contributed by atoms with van der Waals surface area (Å²) in [6.45, 7) is 5.33. The summed E-state index contributed by atoms with van der Waals surface area (Å²) in [5.74, 6) is 0.0264. The lowest BCUT2D eigenvalue weighted by molar-refractivity contribution is 0.143. The van der Waals surface area contributed by atoms with Gasteiger partial charge in [0.1, 0.15) is 4.90 Å². The van der Waals surface area contributed by atoms with Crippen molar-refractivity contribution in [1.29, 1.82) is 0 Å². The van der Waals surface area contributed by atoms with Gasteiger partial charge in [-0.2, -0.15) is 0 Å². The maximum atomic E-state index is 14.1. The summed E-state index contributed by atoms with van der Waals surface area (Å²) in [5, 5.41) is 0. The number of pyridine rings is 1. The average Bonchev–Trinajstić information content (AvgIpc) is 2.93. The zero-order valence-electron chi connectivity index (χ0n) is 21.3. The second-order valence-corrected chi connectivity index (χ2v) is 10.3. The van der Waals surface area contributed by atoms with Gasteiger partial charge >= 0.3 is 6.09 Å². The highest BCUT2D eigenvalue weighted by atomic mass is 32.2. The monoisotopic (exact) mass is 534 g/mol. The van der Waals surface area contributed by atoms with Crippen LogP contribution in [0.4, 0.5) is 10.6 Å². The highest BCUT2D eigenvalue weighted by Crippen LogP contribution is 2.34. The highest BCUT2D eigenvalue weighted by Gasteiger charge is 2.38. The minimum atomic E-state index is -4.60. The van der Waals surface area contributed by atoms with Gasteiger partial charge in [-0.15, -0.1) is 4.31 Å². The molecule has 4 aromatic rings. The number of sulfonamides is 1. The van der Waals surface area contributed by atoms with E-state index in [1.807, 2.05) is 13.8 Å². The van der Waals surface area contributed by atoms with Gasteiger partial charge in [-0.05, 0) is 31.0 Å². The number of carbonyl (C=O) groups is 1. The average molecular weight is 535 g/mol. The molecule has 1 aromatic carbocycles. The SMILES string of the molecule is COc1nc(C)cnc1N(C(=O)OCC(C)C)S(=O)(=O)c1cccnc1-c1ccc(-c2ncccn2)cc1. The van der Waals surface area contributed by atoms with Crippen molar-refractivity contribution >= 4 is 21.9 Å². The van der Waals surface area contributed by atoms with Crippen molar-refractivity contribution in [3.63, 3.8) is 0 Å². The Morgan fingerprint density at radius 2 is 1.61 bits per heavy atom. The molecule has 3 heterocycles. The van der Waals surface area contributed by atoms with E-state index < -0.39 is 16.1 Å². The molecule has 38 heavy (non-hydrogen) atoms. The Balaban J connectivity index is 1.82. The number of amides is 1. The van der Waals surface area contributed by atoms with Gasteiger partial charge in [0.15, 0.2) is 5.82 Å². The van der Waals surface area contributed by atoms with Crippen LogP contribution in [-0.2, 0) is 14.8 Å². The molecule has 0 aliphatic rings. The van der Waals surface area contributed by atoms with E-state index in [-0.39, 0.29) is 34.8 Å². The molecule has 0 aliphatic heterocycles. The van der Waals surface area contributed by atoms with E-state index in [0.29, 0.717) is 21.4 Å². The van der Waals surface area contributed by atoms with E-state index in [1.165, 1.54) is 31.6 Å². The molecule has 0 aliphatic carbocycles. The summed E-state index contributed by atoms with van der Waals surface area (Å²) < 4.78 is 39.2. The number of aryl methyl sites for hydroxylation is 1. The number of methoxy groups -OCH3 is 1. The first-order chi connectivity index (χ1) is 18.2. The normalized spacial score (nSPS) is 11.3. The molecule has 0 fully saturated rings. The molecule has 0 saturated carbocycles. The molecule has 0 spiro atoms. The summed E-state index contributed by atoms with van der Waals surface area (Å²) >= 11 is 0. The van der Waals surface area contributed by atoms with Gasteiger partial charge in [0.05, 0.1) is 31.3 Å². The van der Waals surface area contributed by atoms with Crippen molar-refractivity contribution in [3.8, 4) is 28.5 Å². The fourth-order valence-electron chi connectivity index (χ4n) is 3.46. The van der Waals surface area contributed by atoms with Crippen LogP contribution in [0.15, 0.2) is 72.1 Å². The Morgan fingerprint density at radius 3 is 2.26 bits per heavy atom. The van der Waals surface area contributed by atoms with E-state index in [4.69, 9.17) is 9.47 Å². The first-order valence-electron chi connectivity index (χ1n) is 11.6. The van der Waals surface area contributed by atoms with Crippen molar-refractivity contribution in [3.05, 3.63) is 72.9 Å². The molecule has 0 unspecified atom stereocenters. The smallest absolute Gasteiger partial charge is 0.430 e. The third-order valence-electron chi connectivity index (χ3n) is 5.21. The summed E-state index contributed by atoms with van der Waals surface area (Å²) in [6.07, 6.45) is 4.94. The van der Waals surface area contributed by atoms with E-state index in [2.05, 4.69) is 24.9 Å². The fraction of sp³-hybridized carbons (Fsp3) is 0.231. The highest BCUT2D eigenvalue weighted by molar-refractivity contribution is 7.93. The van der Waals surface area contributed by atoms with Gasteiger partial charge in [-0.1, -0.05) is 38.1 Å². The van der Waals surface area contributed by atoms with Crippen LogP contribution in [0.25, 0.3) is 22.6 Å². The third kappa shape index (κ3) is 5.59. The molecular formula is C26H26N6O5S. The second kappa shape index (κ2) is 11.3. The first-order valence-corrected chi connectivity index (χ1v) is 13.1. The molecule has 0 bridgehead atoms. The summed E-state index contributed by atoms with van der Waals surface area (Å²) in [7, 11) is -3.29. The van der Waals surface area contributed by atoms with Crippen LogP contribution in [0.5, 0.6) is 5.88 Å². The maximum absolute atomic E-state index is 14.1. The van der Waals surface area contributed by atoms with Gasteiger partial charge in [-0.3, -0.25) is 4.98 Å². The van der Waals surface area contributed by atoms with Crippen molar-refractivity contribution in [2.24, 2.45) is 5.92 Å². The summed E-state index contributed by atoms with van der Waals surface area (Å²) in [5.41, 5.74) is 1.85. The summed E-state index contributed by atoms with van der Waals surface area (Å²) in [4.78, 5) is 34.2. The minimum absolute atomic E-state index is 0.00459. The van der Waals surface area contributed by atoms with E-state index >= 15 is 0 Å². The Kier molecular flexibility index (Phi) is 7.91. The number of anilines is 1. The van der Waals surface area contributed by atoms with Crippen LogP contribution in [0.3, 0.4) is 0 Å². The zero-order valence-corrected chi connectivity index (χ0v) is 22.1. The number of aromatic nitrogens is 5. The number of hydrogen-bond acceptors (Lipinski definition) is 10. The van der Waals surface area contributed by atoms with Crippen LogP contribution < -0.4 is 9.04 Å². The van der Waals surface area contributed by atoms with Crippen LogP contribution in [0.2, 0.25) is 0 Å². The number of benzene rings is 1. The number of rotatable bonds is 8. The van der Waals surface area contributed by atoms with Gasteiger partial charge in [0, 0.05) is 29.7 Å². The van der Waals surface area contributed by atoms with Crippen molar-refractivity contribution < 1.29 is 22.7 Å². The zero-order chi connectivity index (χ0) is 27.3. The molecule has 4 rings (SSSR count). The maximum Gasteiger partial charge on any atom is 0.430 e. The van der Waals surface area contributed by atoms with E-state index in [1.54, 1.807) is 49.6 Å². The molecular weight excluding hydrogens is 508 g/mol. The lowest BCUT2D eigenvalue weighted by Crippen LogP contribution is -2.39. The third-order valence-corrected chi connectivity index (χ3v) is 6.89. The van der Waals surface area contributed by atoms with E-state index in [0.717, 1.165) is 5.56 Å². The molecule has 0 radical (unpaired) electrons. The quantitative estimate of drug-likeness (QED) is 0.322. The molecule has 11 nitrogen and oxygen atoms in total. The second-order valence-electron chi connectivity index (χ2n) is 8.58. The van der Waals surface area contributed by atoms with Gasteiger partial charge < -0.3 is 9.47 Å². The van der Waals surface area contributed by atoms with Crippen LogP contribution in [0, 0.1) is 12.8 Å². The first kappa shape index (κ1) is 26.6. The van der Waals surface area contributed by atoms with Crippen molar-refractivity contribution in [2.75, 3.05) is 18.0 Å². The van der Waals surface area contributed by atoms with Gasteiger partial charge in [0.25, 0.3) is 15.9 Å². The van der Waals surface area contributed by atoms with Gasteiger partial charge in [-0.25, -0.2) is 33.1 Å². The molecule has 12 heteroatoms. The van der Waals surface area contributed by atoms with Crippen molar-refractivity contribution in [2.45, 2.75) is 25.7 Å². The van der Waals surface area contributed by atoms with Crippen LogP contribution in [0.1, 0.15) is 19.5 Å². The lowest BCUT2D eigenvalue weighted by Gasteiger charge is -2.23. The predicted molar refractivity (Wildman–Crippen MR) is 140 cm³/mol. The molecule has 0 atom stereocenters. The Hall–Kier alpha value is -4.45.